The normalized spacial score (nSPS) is 10.0. The van der Waals surface area contributed by atoms with Crippen molar-refractivity contribution in [3.05, 3.63) is 35.6 Å². The summed E-state index contributed by atoms with van der Waals surface area (Å²) < 4.78 is 12.7. The lowest BCUT2D eigenvalue weighted by Crippen LogP contribution is -2.01. The lowest BCUT2D eigenvalue weighted by Gasteiger charge is -1.99. The largest absolute Gasteiger partial charge is 0.299 e. The summed E-state index contributed by atoms with van der Waals surface area (Å²) in [6.07, 6.45) is 1.79. The molecule has 0 aromatic heterocycles. The van der Waals surface area contributed by atoms with Crippen LogP contribution in [0.1, 0.15) is 25.3 Å². The van der Waals surface area contributed by atoms with Gasteiger partial charge in [0.05, 0.1) is 0 Å². The molecule has 0 saturated carbocycles. The van der Waals surface area contributed by atoms with E-state index in [4.69, 9.17) is 0 Å². The Morgan fingerprint density at radius 3 is 2.85 bits per heavy atom. The van der Waals surface area contributed by atoms with Crippen LogP contribution >= 0.6 is 0 Å². The lowest BCUT2D eigenvalue weighted by atomic mass is 10.1. The number of rotatable bonds is 4. The van der Waals surface area contributed by atoms with Crippen molar-refractivity contribution in [2.45, 2.75) is 26.2 Å². The molecule has 0 bridgehead atoms. The van der Waals surface area contributed by atoms with E-state index in [9.17, 15) is 9.18 Å². The number of benzene rings is 1. The molecule has 0 unspecified atom stereocenters. The maximum Gasteiger partial charge on any atom is 0.137 e. The van der Waals surface area contributed by atoms with Crippen LogP contribution in [0.4, 0.5) is 4.39 Å². The second-order valence-corrected chi connectivity index (χ2v) is 3.10. The molecule has 0 aliphatic carbocycles. The molecule has 1 rings (SSSR count). The van der Waals surface area contributed by atoms with E-state index >= 15 is 0 Å². The molecule has 0 atom stereocenters. The Hall–Kier alpha value is -1.18. The Morgan fingerprint density at radius 1 is 1.46 bits per heavy atom. The molecule has 0 saturated heterocycles. The number of carbonyl (C=O) groups is 1. The summed E-state index contributed by atoms with van der Waals surface area (Å²) in [5.74, 6) is -0.102. The fourth-order valence-electron chi connectivity index (χ4n) is 1.24. The molecule has 0 fully saturated rings. The zero-order chi connectivity index (χ0) is 9.68. The molecule has 0 radical (unpaired) electrons. The highest BCUT2D eigenvalue weighted by atomic mass is 19.1. The molecule has 1 aromatic carbocycles. The SMILES string of the molecule is CCCC(=O)Cc1cccc(F)c1. The predicted molar refractivity (Wildman–Crippen MR) is 50.0 cm³/mol. The van der Waals surface area contributed by atoms with Gasteiger partial charge in [0.25, 0.3) is 0 Å². The summed E-state index contributed by atoms with van der Waals surface area (Å²) in [5, 5.41) is 0. The topological polar surface area (TPSA) is 17.1 Å². The minimum atomic E-state index is -0.276. The van der Waals surface area contributed by atoms with Crippen molar-refractivity contribution in [2.75, 3.05) is 0 Å². The van der Waals surface area contributed by atoms with Crippen LogP contribution in [-0.4, -0.2) is 5.78 Å². The van der Waals surface area contributed by atoms with Gasteiger partial charge >= 0.3 is 0 Å². The first-order valence-corrected chi connectivity index (χ1v) is 4.48. The van der Waals surface area contributed by atoms with Crippen molar-refractivity contribution in [3.8, 4) is 0 Å². The van der Waals surface area contributed by atoms with Crippen LogP contribution < -0.4 is 0 Å². The lowest BCUT2D eigenvalue weighted by molar-refractivity contribution is -0.118. The Labute approximate surface area is 77.6 Å². The monoisotopic (exact) mass is 180 g/mol. The number of Topliss-reactive ketones (excluding diaryl/α,β-unsaturated/α-hetero) is 1. The summed E-state index contributed by atoms with van der Waals surface area (Å²) >= 11 is 0. The average Bonchev–Trinajstić information content (AvgIpc) is 2.04. The Balaban J connectivity index is 2.58. The zero-order valence-electron chi connectivity index (χ0n) is 7.72. The smallest absolute Gasteiger partial charge is 0.137 e. The van der Waals surface area contributed by atoms with Crippen LogP contribution in [0.25, 0.3) is 0 Å². The van der Waals surface area contributed by atoms with E-state index in [0.717, 1.165) is 12.0 Å². The molecule has 0 aliphatic rings. The quantitative estimate of drug-likeness (QED) is 0.696. The molecular formula is C11H13FO. The van der Waals surface area contributed by atoms with Crippen LogP contribution in [0.5, 0.6) is 0 Å². The van der Waals surface area contributed by atoms with Crippen LogP contribution in [-0.2, 0) is 11.2 Å². The third-order valence-corrected chi connectivity index (χ3v) is 1.82. The predicted octanol–water partition coefficient (Wildman–Crippen LogP) is 2.74. The van der Waals surface area contributed by atoms with Gasteiger partial charge in [-0.3, -0.25) is 4.79 Å². The Bertz CT molecular complexity index is 294. The average molecular weight is 180 g/mol. The van der Waals surface area contributed by atoms with E-state index < -0.39 is 0 Å². The van der Waals surface area contributed by atoms with Crippen LogP contribution in [0.3, 0.4) is 0 Å². The summed E-state index contributed by atoms with van der Waals surface area (Å²) in [5.41, 5.74) is 0.762. The van der Waals surface area contributed by atoms with Gasteiger partial charge in [0.2, 0.25) is 0 Å². The number of ketones is 1. The van der Waals surface area contributed by atoms with Crippen molar-refractivity contribution >= 4 is 5.78 Å². The van der Waals surface area contributed by atoms with Crippen LogP contribution in [0.2, 0.25) is 0 Å². The first kappa shape index (κ1) is 9.90. The fourth-order valence-corrected chi connectivity index (χ4v) is 1.24. The van der Waals surface area contributed by atoms with E-state index in [-0.39, 0.29) is 11.6 Å². The van der Waals surface area contributed by atoms with Gasteiger partial charge in [-0.2, -0.15) is 0 Å². The summed E-state index contributed by atoms with van der Waals surface area (Å²) in [6.45, 7) is 1.96. The van der Waals surface area contributed by atoms with Crippen LogP contribution in [0, 0.1) is 5.82 Å². The molecule has 70 valence electrons. The first-order valence-electron chi connectivity index (χ1n) is 4.48. The standard InChI is InChI=1S/C11H13FO/c1-2-4-11(13)8-9-5-3-6-10(12)7-9/h3,5-7H,2,4,8H2,1H3. The van der Waals surface area contributed by atoms with Crippen LogP contribution in [0.15, 0.2) is 24.3 Å². The molecule has 13 heavy (non-hydrogen) atoms. The number of carbonyl (C=O) groups excluding carboxylic acids is 1. The Morgan fingerprint density at radius 2 is 2.23 bits per heavy atom. The molecule has 1 aromatic rings. The first-order chi connectivity index (χ1) is 6.22. The van der Waals surface area contributed by atoms with Gasteiger partial charge in [-0.05, 0) is 24.1 Å². The van der Waals surface area contributed by atoms with E-state index in [1.807, 2.05) is 6.92 Å². The molecular weight excluding hydrogens is 167 g/mol. The van der Waals surface area contributed by atoms with Gasteiger partial charge < -0.3 is 0 Å². The van der Waals surface area contributed by atoms with Gasteiger partial charge in [0.1, 0.15) is 11.6 Å². The molecule has 2 heteroatoms. The van der Waals surface area contributed by atoms with Crippen molar-refractivity contribution in [3.63, 3.8) is 0 Å². The van der Waals surface area contributed by atoms with E-state index in [1.165, 1.54) is 12.1 Å². The molecule has 0 heterocycles. The molecule has 0 spiro atoms. The summed E-state index contributed by atoms with van der Waals surface area (Å²) in [6, 6.07) is 6.20. The van der Waals surface area contributed by atoms with Gasteiger partial charge in [-0.15, -0.1) is 0 Å². The molecule has 0 N–H and O–H groups in total. The maximum absolute atomic E-state index is 12.7. The van der Waals surface area contributed by atoms with Crippen molar-refractivity contribution in [1.29, 1.82) is 0 Å². The summed E-state index contributed by atoms with van der Waals surface area (Å²) in [4.78, 5) is 11.2. The maximum atomic E-state index is 12.7. The number of halogens is 1. The van der Waals surface area contributed by atoms with Gasteiger partial charge in [-0.25, -0.2) is 4.39 Å². The third-order valence-electron chi connectivity index (χ3n) is 1.82. The highest BCUT2D eigenvalue weighted by Gasteiger charge is 2.02. The second kappa shape index (κ2) is 4.75. The number of hydrogen-bond donors (Lipinski definition) is 0. The second-order valence-electron chi connectivity index (χ2n) is 3.10. The molecule has 0 aliphatic heterocycles. The van der Waals surface area contributed by atoms with Gasteiger partial charge in [0, 0.05) is 12.8 Å². The molecule has 0 amide bonds. The summed E-state index contributed by atoms with van der Waals surface area (Å²) in [7, 11) is 0. The van der Waals surface area contributed by atoms with E-state index in [0.29, 0.717) is 12.8 Å². The van der Waals surface area contributed by atoms with Gasteiger partial charge in [-0.1, -0.05) is 19.1 Å². The van der Waals surface area contributed by atoms with Gasteiger partial charge in [0.15, 0.2) is 0 Å². The highest BCUT2D eigenvalue weighted by molar-refractivity contribution is 5.80. The van der Waals surface area contributed by atoms with E-state index in [1.54, 1.807) is 12.1 Å². The zero-order valence-corrected chi connectivity index (χ0v) is 7.72. The fraction of sp³-hybridized carbons (Fsp3) is 0.364. The van der Waals surface area contributed by atoms with E-state index in [2.05, 4.69) is 0 Å². The minimum absolute atomic E-state index is 0.174. The third kappa shape index (κ3) is 3.36. The number of hydrogen-bond acceptors (Lipinski definition) is 1. The molecule has 1 nitrogen and oxygen atoms in total. The van der Waals surface area contributed by atoms with Crippen molar-refractivity contribution in [2.24, 2.45) is 0 Å². The minimum Gasteiger partial charge on any atom is -0.299 e. The van der Waals surface area contributed by atoms with Crippen molar-refractivity contribution in [1.82, 2.24) is 0 Å². The Kier molecular flexibility index (Phi) is 3.62. The highest BCUT2D eigenvalue weighted by Crippen LogP contribution is 2.06. The van der Waals surface area contributed by atoms with Crippen molar-refractivity contribution < 1.29 is 9.18 Å².